The van der Waals surface area contributed by atoms with Crippen LogP contribution in [0.1, 0.15) is 19.4 Å². The molecule has 1 N–H and O–H groups in total. The molecule has 0 saturated carbocycles. The van der Waals surface area contributed by atoms with Crippen molar-refractivity contribution in [3.8, 4) is 16.9 Å². The fourth-order valence-electron chi connectivity index (χ4n) is 3.48. The second-order valence-electron chi connectivity index (χ2n) is 6.91. The number of aromatic nitrogens is 2. The Hall–Kier alpha value is -3.52. The van der Waals surface area contributed by atoms with Crippen molar-refractivity contribution in [3.63, 3.8) is 0 Å². The molecular weight excluding hydrogens is 417 g/mol. The van der Waals surface area contributed by atoms with E-state index in [1.165, 1.54) is 41.5 Å². The highest BCUT2D eigenvalue weighted by molar-refractivity contribution is 7.17. The summed E-state index contributed by atoms with van der Waals surface area (Å²) in [6.45, 7) is 1.83. The average molecular weight is 437 g/mol. The molecule has 0 aliphatic carbocycles. The fourth-order valence-corrected chi connectivity index (χ4v) is 4.39. The van der Waals surface area contributed by atoms with Crippen molar-refractivity contribution in [1.82, 2.24) is 9.55 Å². The molecule has 1 amide bonds. The van der Waals surface area contributed by atoms with Gasteiger partial charge in [-0.15, -0.1) is 11.3 Å². The number of benzene rings is 2. The lowest BCUT2D eigenvalue weighted by Crippen LogP contribution is -2.33. The standard InChI is InChI=1S/C23H20FN3O3S/c1-3-18(21(28)26-17-6-4-5-7-19(17)30-2)27-13-25-22-20(23(27)29)16(12-31-22)14-8-10-15(24)11-9-14/h4-13,18H,3H2,1-2H3,(H,26,28). The van der Waals surface area contributed by atoms with Gasteiger partial charge < -0.3 is 10.1 Å². The second kappa shape index (κ2) is 8.69. The maximum Gasteiger partial charge on any atom is 0.263 e. The van der Waals surface area contributed by atoms with Crippen LogP contribution in [-0.2, 0) is 4.79 Å². The summed E-state index contributed by atoms with van der Waals surface area (Å²) in [6.07, 6.45) is 1.80. The minimum atomic E-state index is -0.754. The van der Waals surface area contributed by atoms with Crippen molar-refractivity contribution in [3.05, 3.63) is 76.4 Å². The van der Waals surface area contributed by atoms with Gasteiger partial charge in [-0.1, -0.05) is 31.2 Å². The molecule has 1 unspecified atom stereocenters. The van der Waals surface area contributed by atoms with Gasteiger partial charge in [0.15, 0.2) is 0 Å². The van der Waals surface area contributed by atoms with Crippen molar-refractivity contribution in [1.29, 1.82) is 0 Å². The summed E-state index contributed by atoms with van der Waals surface area (Å²) in [7, 11) is 1.53. The van der Waals surface area contributed by atoms with Gasteiger partial charge >= 0.3 is 0 Å². The Morgan fingerprint density at radius 3 is 2.68 bits per heavy atom. The first-order chi connectivity index (χ1) is 15.0. The molecule has 0 aliphatic rings. The number of hydrogen-bond acceptors (Lipinski definition) is 5. The molecule has 2 aromatic carbocycles. The van der Waals surface area contributed by atoms with Crippen LogP contribution in [0.5, 0.6) is 5.75 Å². The highest BCUT2D eigenvalue weighted by atomic mass is 32.1. The Labute approximate surface area is 181 Å². The van der Waals surface area contributed by atoms with Crippen molar-refractivity contribution in [2.45, 2.75) is 19.4 Å². The van der Waals surface area contributed by atoms with E-state index >= 15 is 0 Å². The van der Waals surface area contributed by atoms with Crippen LogP contribution in [0.15, 0.2) is 65.0 Å². The zero-order chi connectivity index (χ0) is 22.0. The molecule has 0 aliphatic heterocycles. The molecule has 0 spiro atoms. The van der Waals surface area contributed by atoms with E-state index in [2.05, 4.69) is 10.3 Å². The maximum absolute atomic E-state index is 13.4. The molecule has 31 heavy (non-hydrogen) atoms. The summed E-state index contributed by atoms with van der Waals surface area (Å²) in [5.74, 6) is -0.158. The highest BCUT2D eigenvalue weighted by Gasteiger charge is 2.23. The number of methoxy groups -OCH3 is 1. The van der Waals surface area contributed by atoms with Crippen molar-refractivity contribution in [2.24, 2.45) is 0 Å². The molecule has 4 rings (SSSR count). The van der Waals surface area contributed by atoms with Crippen LogP contribution < -0.4 is 15.6 Å². The first kappa shape index (κ1) is 20.7. The summed E-state index contributed by atoms with van der Waals surface area (Å²) in [6, 6.07) is 12.3. The van der Waals surface area contributed by atoms with Crippen LogP contribution in [-0.4, -0.2) is 22.6 Å². The third kappa shape index (κ3) is 3.94. The maximum atomic E-state index is 13.4. The van der Waals surface area contributed by atoms with Gasteiger partial charge in [-0.2, -0.15) is 0 Å². The van der Waals surface area contributed by atoms with Crippen LogP contribution in [0.2, 0.25) is 0 Å². The first-order valence-electron chi connectivity index (χ1n) is 9.71. The number of anilines is 1. The van der Waals surface area contributed by atoms with Gasteiger partial charge in [-0.05, 0) is 36.2 Å². The summed E-state index contributed by atoms with van der Waals surface area (Å²) in [4.78, 5) is 31.4. The lowest BCUT2D eigenvalue weighted by atomic mass is 10.1. The van der Waals surface area contributed by atoms with Crippen molar-refractivity contribution < 1.29 is 13.9 Å². The normalized spacial score (nSPS) is 12.0. The van der Waals surface area contributed by atoms with E-state index < -0.39 is 6.04 Å². The molecule has 158 valence electrons. The molecule has 4 aromatic rings. The average Bonchev–Trinajstić information content (AvgIpc) is 3.21. The van der Waals surface area contributed by atoms with Crippen LogP contribution in [0.25, 0.3) is 21.3 Å². The zero-order valence-corrected chi connectivity index (χ0v) is 17.8. The minimum absolute atomic E-state index is 0.312. The number of para-hydroxylation sites is 2. The van der Waals surface area contributed by atoms with E-state index in [-0.39, 0.29) is 17.3 Å². The minimum Gasteiger partial charge on any atom is -0.495 e. The molecule has 0 fully saturated rings. The molecular formula is C23H20FN3O3S. The van der Waals surface area contributed by atoms with Crippen molar-refractivity contribution >= 4 is 33.1 Å². The van der Waals surface area contributed by atoms with Crippen LogP contribution in [0.3, 0.4) is 0 Å². The van der Waals surface area contributed by atoms with Crippen LogP contribution in [0, 0.1) is 5.82 Å². The molecule has 0 radical (unpaired) electrons. The van der Waals surface area contributed by atoms with Gasteiger partial charge in [0.1, 0.15) is 22.4 Å². The van der Waals surface area contributed by atoms with Gasteiger partial charge in [0.05, 0.1) is 24.5 Å². The third-order valence-electron chi connectivity index (χ3n) is 5.06. The van der Waals surface area contributed by atoms with Gasteiger partial charge in [0.2, 0.25) is 5.91 Å². The van der Waals surface area contributed by atoms with E-state index in [4.69, 9.17) is 4.74 Å². The highest BCUT2D eigenvalue weighted by Crippen LogP contribution is 2.31. The van der Waals surface area contributed by atoms with Gasteiger partial charge in [-0.25, -0.2) is 9.37 Å². The number of thiophene rings is 1. The number of halogens is 1. The molecule has 0 bridgehead atoms. The lowest BCUT2D eigenvalue weighted by Gasteiger charge is -2.18. The number of nitrogens with zero attached hydrogens (tertiary/aromatic N) is 2. The van der Waals surface area contributed by atoms with E-state index in [1.807, 2.05) is 18.4 Å². The molecule has 2 heterocycles. The first-order valence-corrected chi connectivity index (χ1v) is 10.6. The van der Waals surface area contributed by atoms with Gasteiger partial charge in [-0.3, -0.25) is 14.2 Å². The Kier molecular flexibility index (Phi) is 5.81. The van der Waals surface area contributed by atoms with E-state index in [9.17, 15) is 14.0 Å². The smallest absolute Gasteiger partial charge is 0.263 e. The Morgan fingerprint density at radius 1 is 1.23 bits per heavy atom. The van der Waals surface area contributed by atoms with Crippen molar-refractivity contribution in [2.75, 3.05) is 12.4 Å². The zero-order valence-electron chi connectivity index (χ0n) is 17.0. The quantitative estimate of drug-likeness (QED) is 0.467. The molecule has 8 heteroatoms. The predicted octanol–water partition coefficient (Wildman–Crippen LogP) is 4.86. The second-order valence-corrected chi connectivity index (χ2v) is 7.77. The Morgan fingerprint density at radius 2 is 1.97 bits per heavy atom. The predicted molar refractivity (Wildman–Crippen MR) is 120 cm³/mol. The molecule has 1 atom stereocenters. The number of carbonyl (C=O) groups is 1. The molecule has 0 saturated heterocycles. The number of amides is 1. The van der Waals surface area contributed by atoms with E-state index in [0.29, 0.717) is 33.6 Å². The number of rotatable bonds is 6. The topological polar surface area (TPSA) is 73.2 Å². The molecule has 6 nitrogen and oxygen atoms in total. The summed E-state index contributed by atoms with van der Waals surface area (Å²) in [5.41, 5.74) is 1.60. The fraction of sp³-hybridized carbons (Fsp3) is 0.174. The molecule has 2 aromatic heterocycles. The summed E-state index contributed by atoms with van der Waals surface area (Å²) in [5, 5.41) is 5.09. The van der Waals surface area contributed by atoms with Crippen LogP contribution >= 0.6 is 11.3 Å². The largest absolute Gasteiger partial charge is 0.495 e. The SMILES string of the molecule is CCC(C(=O)Nc1ccccc1OC)n1cnc2scc(-c3ccc(F)cc3)c2c1=O. The Balaban J connectivity index is 1.74. The number of nitrogens with one attached hydrogen (secondary N) is 1. The number of ether oxygens (including phenoxy) is 1. The van der Waals surface area contributed by atoms with E-state index in [1.54, 1.807) is 30.3 Å². The number of hydrogen-bond donors (Lipinski definition) is 1. The summed E-state index contributed by atoms with van der Waals surface area (Å²) >= 11 is 1.34. The number of fused-ring (bicyclic) bond motifs is 1. The van der Waals surface area contributed by atoms with Gasteiger partial charge in [0.25, 0.3) is 5.56 Å². The third-order valence-corrected chi connectivity index (χ3v) is 5.95. The summed E-state index contributed by atoms with van der Waals surface area (Å²) < 4.78 is 20.0. The van der Waals surface area contributed by atoms with Gasteiger partial charge in [0, 0.05) is 10.9 Å². The van der Waals surface area contributed by atoms with Crippen LogP contribution in [0.4, 0.5) is 10.1 Å². The van der Waals surface area contributed by atoms with E-state index in [0.717, 1.165) is 5.56 Å². The lowest BCUT2D eigenvalue weighted by molar-refractivity contribution is -0.119. The number of carbonyl (C=O) groups excluding carboxylic acids is 1. The monoisotopic (exact) mass is 437 g/mol. The Bertz CT molecular complexity index is 1300.